The Kier molecular flexibility index (Phi) is 4.69. The molecule has 8 nitrogen and oxygen atoms in total. The van der Waals surface area contributed by atoms with Crippen molar-refractivity contribution in [3.8, 4) is 0 Å². The molecule has 0 saturated carbocycles. The minimum Gasteiger partial charge on any atom is -0.458 e. The number of hydrazine groups is 1. The van der Waals surface area contributed by atoms with Crippen LogP contribution in [0.15, 0.2) is 24.3 Å². The summed E-state index contributed by atoms with van der Waals surface area (Å²) in [7, 11) is 0. The number of nitrogens with zero attached hydrogens (tertiary/aromatic N) is 3. The number of imide groups is 1. The smallest absolute Gasteiger partial charge is 0.331 e. The van der Waals surface area contributed by atoms with Gasteiger partial charge in [-0.05, 0) is 52.2 Å². The lowest BCUT2D eigenvalue weighted by Gasteiger charge is -2.34. The molecule has 0 radical (unpaired) electrons. The zero-order valence-electron chi connectivity index (χ0n) is 16.9. The van der Waals surface area contributed by atoms with Crippen LogP contribution >= 0.6 is 0 Å². The molecule has 29 heavy (non-hydrogen) atoms. The Labute approximate surface area is 169 Å². The van der Waals surface area contributed by atoms with Crippen molar-refractivity contribution in [2.24, 2.45) is 0 Å². The topological polar surface area (TPSA) is 87.2 Å². The number of ether oxygens (including phenoxy) is 1. The normalized spacial score (nSPS) is 25.1. The minimum atomic E-state index is -0.921. The molecular weight excluding hydrogens is 374 g/mol. The Bertz CT molecular complexity index is 856. The van der Waals surface area contributed by atoms with Gasteiger partial charge in [0.25, 0.3) is 17.7 Å². The van der Waals surface area contributed by atoms with E-state index in [2.05, 4.69) is 0 Å². The number of rotatable bonds is 2. The van der Waals surface area contributed by atoms with Gasteiger partial charge in [0.05, 0.1) is 11.1 Å². The van der Waals surface area contributed by atoms with Crippen molar-refractivity contribution in [2.45, 2.75) is 57.7 Å². The van der Waals surface area contributed by atoms with Crippen molar-refractivity contribution in [1.29, 1.82) is 0 Å². The number of fused-ring (bicyclic) bond motifs is 2. The predicted octanol–water partition coefficient (Wildman–Crippen LogP) is 1.60. The van der Waals surface area contributed by atoms with Gasteiger partial charge in [-0.25, -0.2) is 9.80 Å². The van der Waals surface area contributed by atoms with E-state index >= 15 is 0 Å². The first kappa shape index (κ1) is 19.6. The van der Waals surface area contributed by atoms with Crippen LogP contribution in [0.3, 0.4) is 0 Å². The van der Waals surface area contributed by atoms with E-state index in [9.17, 15) is 19.2 Å². The van der Waals surface area contributed by atoms with Gasteiger partial charge in [0, 0.05) is 13.1 Å². The van der Waals surface area contributed by atoms with Gasteiger partial charge < -0.3 is 4.74 Å². The third-order valence-corrected chi connectivity index (χ3v) is 5.48. The summed E-state index contributed by atoms with van der Waals surface area (Å²) in [6, 6.07) is 4.94. The standard InChI is InChI=1S/C21H25N3O5/c1-21(2,3)29-20(28)16-10-12-22-11-6-9-15(19(27)24(16)22)23-17(25)13-7-4-5-8-14(13)18(23)26/h4-5,7-8,15-16H,6,9-12H2,1-3H3. The fourth-order valence-electron chi connectivity index (χ4n) is 4.27. The van der Waals surface area contributed by atoms with Crippen LogP contribution in [-0.4, -0.2) is 69.4 Å². The van der Waals surface area contributed by atoms with E-state index in [-0.39, 0.29) is 0 Å². The SMILES string of the molecule is CC(C)(C)OC(=O)C1CCN2CCCC(N3C(=O)c4ccccc4C3=O)C(=O)N12. The number of esters is 1. The molecule has 8 heteroatoms. The molecule has 3 aliphatic heterocycles. The van der Waals surface area contributed by atoms with Gasteiger partial charge >= 0.3 is 5.97 Å². The monoisotopic (exact) mass is 399 g/mol. The van der Waals surface area contributed by atoms with Crippen LogP contribution in [0, 0.1) is 0 Å². The number of hydrogen-bond acceptors (Lipinski definition) is 6. The fraction of sp³-hybridized carbons (Fsp3) is 0.524. The first-order valence-electron chi connectivity index (χ1n) is 9.97. The largest absolute Gasteiger partial charge is 0.458 e. The maximum absolute atomic E-state index is 13.5. The highest BCUT2D eigenvalue weighted by atomic mass is 16.6. The van der Waals surface area contributed by atoms with E-state index in [1.165, 1.54) is 5.01 Å². The van der Waals surface area contributed by atoms with Crippen molar-refractivity contribution in [3.63, 3.8) is 0 Å². The van der Waals surface area contributed by atoms with Crippen LogP contribution < -0.4 is 0 Å². The molecule has 154 valence electrons. The zero-order valence-corrected chi connectivity index (χ0v) is 16.9. The van der Waals surface area contributed by atoms with Crippen molar-refractivity contribution in [2.75, 3.05) is 13.1 Å². The first-order valence-corrected chi connectivity index (χ1v) is 9.97. The molecule has 2 saturated heterocycles. The molecule has 0 spiro atoms. The van der Waals surface area contributed by atoms with E-state index in [0.717, 1.165) is 4.90 Å². The van der Waals surface area contributed by atoms with Crippen LogP contribution in [0.5, 0.6) is 0 Å². The third kappa shape index (κ3) is 3.31. The highest BCUT2D eigenvalue weighted by molar-refractivity contribution is 6.22. The lowest BCUT2D eigenvalue weighted by atomic mass is 10.1. The Morgan fingerprint density at radius 3 is 2.21 bits per heavy atom. The average molecular weight is 399 g/mol. The van der Waals surface area contributed by atoms with Crippen molar-refractivity contribution in [1.82, 2.24) is 14.9 Å². The molecule has 1 aromatic carbocycles. The van der Waals surface area contributed by atoms with E-state index in [0.29, 0.717) is 43.5 Å². The van der Waals surface area contributed by atoms with Gasteiger partial charge in [-0.2, -0.15) is 0 Å². The number of hydrogen-bond donors (Lipinski definition) is 0. The molecule has 1 aromatic rings. The Morgan fingerprint density at radius 1 is 1.00 bits per heavy atom. The van der Waals surface area contributed by atoms with E-state index in [4.69, 9.17) is 4.74 Å². The van der Waals surface area contributed by atoms with Gasteiger partial charge in [-0.1, -0.05) is 12.1 Å². The van der Waals surface area contributed by atoms with Crippen molar-refractivity contribution < 1.29 is 23.9 Å². The van der Waals surface area contributed by atoms with Gasteiger partial charge in [0.2, 0.25) is 0 Å². The second-order valence-electron chi connectivity index (χ2n) is 8.66. The number of carbonyl (C=O) groups is 4. The second-order valence-corrected chi connectivity index (χ2v) is 8.66. The molecule has 0 N–H and O–H groups in total. The van der Waals surface area contributed by atoms with Crippen molar-refractivity contribution in [3.05, 3.63) is 35.4 Å². The number of carbonyl (C=O) groups excluding carboxylic acids is 4. The van der Waals surface area contributed by atoms with Crippen LogP contribution in [0.1, 0.15) is 60.7 Å². The maximum Gasteiger partial charge on any atom is 0.331 e. The predicted molar refractivity (Wildman–Crippen MR) is 103 cm³/mol. The van der Waals surface area contributed by atoms with E-state index in [1.54, 1.807) is 45.0 Å². The fourth-order valence-corrected chi connectivity index (χ4v) is 4.27. The number of amides is 3. The summed E-state index contributed by atoms with van der Waals surface area (Å²) in [5.74, 6) is -1.77. The summed E-state index contributed by atoms with van der Waals surface area (Å²) >= 11 is 0. The Hall–Kier alpha value is -2.74. The summed E-state index contributed by atoms with van der Waals surface area (Å²) in [5.41, 5.74) is -0.0329. The zero-order chi connectivity index (χ0) is 20.9. The Balaban J connectivity index is 1.62. The van der Waals surface area contributed by atoms with Gasteiger partial charge in [0.1, 0.15) is 17.7 Å². The molecule has 0 aromatic heterocycles. The molecule has 4 rings (SSSR count). The second kappa shape index (κ2) is 6.95. The molecule has 2 fully saturated rings. The molecule has 3 amide bonds. The molecule has 2 atom stereocenters. The quantitative estimate of drug-likeness (QED) is 0.555. The molecular formula is C21H25N3O5. The highest BCUT2D eigenvalue weighted by Crippen LogP contribution is 2.32. The first-order chi connectivity index (χ1) is 13.7. The number of benzene rings is 1. The van der Waals surface area contributed by atoms with Crippen LogP contribution in [0.2, 0.25) is 0 Å². The lowest BCUT2D eigenvalue weighted by molar-refractivity contribution is -0.171. The van der Waals surface area contributed by atoms with Crippen LogP contribution in [-0.2, 0) is 14.3 Å². The molecule has 2 unspecified atom stereocenters. The minimum absolute atomic E-state index is 0.316. The van der Waals surface area contributed by atoms with E-state index in [1.807, 2.05) is 5.01 Å². The van der Waals surface area contributed by atoms with Gasteiger partial charge in [-0.15, -0.1) is 0 Å². The molecule has 3 heterocycles. The van der Waals surface area contributed by atoms with E-state index < -0.39 is 41.4 Å². The van der Waals surface area contributed by atoms with Gasteiger partial charge in [0.15, 0.2) is 0 Å². The summed E-state index contributed by atoms with van der Waals surface area (Å²) < 4.78 is 5.51. The molecule has 0 bridgehead atoms. The lowest BCUT2D eigenvalue weighted by Crippen LogP contribution is -2.56. The summed E-state index contributed by atoms with van der Waals surface area (Å²) in [5, 5.41) is 3.27. The van der Waals surface area contributed by atoms with Crippen molar-refractivity contribution >= 4 is 23.7 Å². The average Bonchev–Trinajstić information content (AvgIpc) is 3.13. The Morgan fingerprint density at radius 2 is 1.62 bits per heavy atom. The molecule has 3 aliphatic rings. The maximum atomic E-state index is 13.5. The summed E-state index contributed by atoms with van der Waals surface area (Å²) in [6.45, 7) is 6.49. The van der Waals surface area contributed by atoms with Crippen LogP contribution in [0.4, 0.5) is 0 Å². The third-order valence-electron chi connectivity index (χ3n) is 5.48. The molecule has 0 aliphatic carbocycles. The van der Waals surface area contributed by atoms with Crippen LogP contribution in [0.25, 0.3) is 0 Å². The summed E-state index contributed by atoms with van der Waals surface area (Å²) in [4.78, 5) is 53.0. The highest BCUT2D eigenvalue weighted by Gasteiger charge is 2.50. The van der Waals surface area contributed by atoms with Gasteiger partial charge in [-0.3, -0.25) is 24.3 Å². The summed E-state index contributed by atoms with van der Waals surface area (Å²) in [6.07, 6.45) is 1.48.